The molecule has 2 aromatic heterocycles. The lowest BCUT2D eigenvalue weighted by molar-refractivity contribution is 0.444. The maximum absolute atomic E-state index is 8.68. The molecule has 0 bridgehead atoms. The molecule has 23 aromatic rings. The van der Waals surface area contributed by atoms with Crippen LogP contribution in [0.3, 0.4) is 0 Å². The van der Waals surface area contributed by atoms with E-state index in [2.05, 4.69) is 501 Å². The van der Waals surface area contributed by atoms with Gasteiger partial charge in [0.2, 0.25) is 0 Å². The second kappa shape index (κ2) is 31.4. The molecular formula is C130H85B3N4O4. The third-order valence-corrected chi connectivity index (χ3v) is 30.3. The van der Waals surface area contributed by atoms with E-state index in [1.807, 2.05) is 0 Å². The van der Waals surface area contributed by atoms with Gasteiger partial charge in [-0.3, -0.25) is 0 Å². The monoisotopic (exact) mass is 1800 g/mol. The van der Waals surface area contributed by atoms with E-state index < -0.39 is 25.6 Å². The Bertz CT molecular complexity index is 8880. The topological polar surface area (TPSA) is 53.3 Å². The van der Waals surface area contributed by atoms with Crippen molar-refractivity contribution in [3.05, 3.63) is 467 Å². The van der Waals surface area contributed by atoms with Crippen LogP contribution in [-0.2, 0) is 5.41 Å². The summed E-state index contributed by atoms with van der Waals surface area (Å²) in [5.41, 5.74) is 39.7. The zero-order valence-corrected chi connectivity index (χ0v) is 77.5. The summed E-state index contributed by atoms with van der Waals surface area (Å²) in [5, 5.41) is 4.71. The average Bonchev–Trinajstić information content (AvgIpc) is 1.09. The van der Waals surface area contributed by atoms with Gasteiger partial charge in [0.05, 0.1) is 33.4 Å². The molecule has 6 aliphatic heterocycles. The van der Waals surface area contributed by atoms with Crippen molar-refractivity contribution < 1.29 is 18.9 Å². The molecule has 0 fully saturated rings. The van der Waals surface area contributed by atoms with Crippen LogP contribution in [0.2, 0.25) is 0 Å². The van der Waals surface area contributed by atoms with Crippen LogP contribution in [0.25, 0.3) is 144 Å². The number of benzene rings is 21. The van der Waals surface area contributed by atoms with Gasteiger partial charge in [-0.15, -0.1) is 0 Å². The van der Waals surface area contributed by atoms with Gasteiger partial charge in [0.15, 0.2) is 0 Å². The van der Waals surface area contributed by atoms with E-state index >= 15 is 0 Å². The van der Waals surface area contributed by atoms with E-state index in [0.717, 1.165) is 223 Å². The van der Waals surface area contributed by atoms with E-state index in [9.17, 15) is 0 Å². The molecule has 6 aliphatic rings. The second-order valence-electron chi connectivity index (χ2n) is 39.1. The fraction of sp³-hybridized carbons (Fsp3) is 0.0308. The quantitative estimate of drug-likeness (QED) is 0.114. The number of anilines is 6. The Morgan fingerprint density at radius 3 is 0.979 bits per heavy atom. The van der Waals surface area contributed by atoms with Crippen LogP contribution in [0.15, 0.2) is 461 Å². The van der Waals surface area contributed by atoms with Gasteiger partial charge in [0.1, 0.15) is 46.0 Å². The molecule has 0 amide bonds. The van der Waals surface area contributed by atoms with Crippen molar-refractivity contribution >= 4 is 147 Å². The first-order valence-electron chi connectivity index (χ1n) is 48.8. The van der Waals surface area contributed by atoms with Crippen LogP contribution in [0, 0.1) is 0 Å². The fourth-order valence-corrected chi connectivity index (χ4v) is 23.9. The molecule has 0 N–H and O–H groups in total. The molecule has 11 heteroatoms. The summed E-state index contributed by atoms with van der Waals surface area (Å²) in [6.07, 6.45) is 0. The van der Waals surface area contributed by atoms with E-state index in [-0.39, 0.29) is 0 Å². The van der Waals surface area contributed by atoms with Gasteiger partial charge in [-0.1, -0.05) is 385 Å². The highest BCUT2D eigenvalue weighted by atomic mass is 16.5. The Hall–Kier alpha value is -17.8. The Kier molecular flexibility index (Phi) is 17.9. The van der Waals surface area contributed by atoms with Crippen LogP contribution in [-0.4, -0.2) is 29.3 Å². The maximum atomic E-state index is 8.68. The number of ether oxygens (including phenoxy) is 4. The molecule has 0 unspecified atom stereocenters. The predicted octanol–water partition coefficient (Wildman–Crippen LogP) is 28.1. The van der Waals surface area contributed by atoms with Crippen LogP contribution in [0.4, 0.5) is 34.1 Å². The fourth-order valence-electron chi connectivity index (χ4n) is 23.9. The minimum absolute atomic E-state index is 0.405. The number of rotatable bonds is 12. The van der Waals surface area contributed by atoms with E-state index in [0.29, 0.717) is 34.5 Å². The number of nitrogens with zero attached hydrogens (tertiary/aromatic N) is 4. The smallest absolute Gasteiger partial charge is 0.265 e. The number of hydrogen-bond acceptors (Lipinski definition) is 6. The molecule has 21 aromatic carbocycles. The first kappa shape index (κ1) is 80.5. The van der Waals surface area contributed by atoms with Gasteiger partial charge in [0, 0.05) is 113 Å². The summed E-state index contributed by atoms with van der Waals surface area (Å²) in [6.45, 7) is 5.56. The minimum Gasteiger partial charge on any atom is -0.459 e. The lowest BCUT2D eigenvalue weighted by atomic mass is 9.29. The van der Waals surface area contributed by atoms with Gasteiger partial charge in [-0.25, -0.2) is 0 Å². The molecule has 141 heavy (non-hydrogen) atoms. The molecule has 0 aliphatic carbocycles. The van der Waals surface area contributed by atoms with Crippen molar-refractivity contribution in [2.75, 3.05) is 9.80 Å². The van der Waals surface area contributed by atoms with Gasteiger partial charge in [0.25, 0.3) is 20.1 Å². The minimum atomic E-state index is -0.603. The molecule has 29 rings (SSSR count). The number of hydrogen-bond donors (Lipinski definition) is 0. The molecule has 658 valence electrons. The van der Waals surface area contributed by atoms with E-state index in [1.54, 1.807) is 0 Å². The van der Waals surface area contributed by atoms with E-state index in [4.69, 9.17) is 18.9 Å². The van der Waals surface area contributed by atoms with Crippen molar-refractivity contribution in [1.29, 1.82) is 0 Å². The zero-order chi connectivity index (χ0) is 93.0. The first-order valence-corrected chi connectivity index (χ1v) is 48.8. The van der Waals surface area contributed by atoms with Crippen LogP contribution in [0.1, 0.15) is 26.3 Å². The van der Waals surface area contributed by atoms with Crippen molar-refractivity contribution in [1.82, 2.24) is 9.13 Å². The summed E-state index contributed by atoms with van der Waals surface area (Å²) in [7, 11) is 0. The zero-order valence-electron chi connectivity index (χ0n) is 77.5. The molecule has 8 nitrogen and oxygen atoms in total. The largest absolute Gasteiger partial charge is 0.459 e. The normalized spacial score (nSPS) is 13.1. The summed E-state index contributed by atoms with van der Waals surface area (Å²) in [6, 6.07) is 170. The average molecular weight is 1800 g/mol. The molecule has 0 radical (unpaired) electrons. The summed E-state index contributed by atoms with van der Waals surface area (Å²) < 4.78 is 37.7. The number of aromatic nitrogens is 2. The predicted molar refractivity (Wildman–Crippen MR) is 587 cm³/mol. The van der Waals surface area contributed by atoms with E-state index in [1.165, 1.54) is 21.5 Å². The Labute approximate surface area is 818 Å². The highest BCUT2D eigenvalue weighted by Gasteiger charge is 2.55. The molecule has 0 saturated carbocycles. The van der Waals surface area contributed by atoms with Gasteiger partial charge >= 0.3 is 0 Å². The highest BCUT2D eigenvalue weighted by molar-refractivity contribution is 7.04. The van der Waals surface area contributed by atoms with Crippen molar-refractivity contribution in [2.45, 2.75) is 26.2 Å². The third-order valence-electron chi connectivity index (χ3n) is 30.3. The van der Waals surface area contributed by atoms with Crippen molar-refractivity contribution in [3.8, 4) is 146 Å². The first-order chi connectivity index (χ1) is 69.6. The summed E-state index contributed by atoms with van der Waals surface area (Å²) >= 11 is 0. The standard InChI is InChI=1S/C130H85B3N4O4/c1-130(2,3)92-74-112-121-113(75-92)137(127-97(84-42-18-8-19-43-84)56-33-57-98(127)85-44-20-9-21-45-85)114-78-118-124-128(122(114)132(121)103-66-64-93(134-107-58-26-22-50-99(107)100-51-23-27-59-108(100)134)76-111(103)136(112)126-95(82-38-14-6-15-39-82)54-32-55-96(126)83-40-16-7-17-41-83)141-120-79-119-123-129(125(120)133(124)104-67-65-94(77-117(104)139-118)135-109-60-28-24-52-101(109)102-53-25-29-61-110(102)135)140-116-69-63-91(89-49-31-47-87(71-89)81-36-12-5-13-37-81)73-106(116)131(123)105-72-90(62-68-115(105)138-119)88-48-30-46-86(70-88)80-34-10-4-11-35-80/h4-79H,1-3H3. The second-order valence-corrected chi connectivity index (χ2v) is 39.1. The summed E-state index contributed by atoms with van der Waals surface area (Å²) in [5.74, 6) is 5.54. The molecule has 0 spiro atoms. The number of fused-ring (bicyclic) bond motifs is 20. The molecule has 0 atom stereocenters. The van der Waals surface area contributed by atoms with Crippen LogP contribution in [0.5, 0.6) is 46.0 Å². The maximum Gasteiger partial charge on any atom is 0.265 e. The van der Waals surface area contributed by atoms with Gasteiger partial charge in [-0.2, -0.15) is 0 Å². The van der Waals surface area contributed by atoms with Crippen LogP contribution < -0.4 is 77.9 Å². The molecule has 0 saturated heterocycles. The van der Waals surface area contributed by atoms with Crippen molar-refractivity contribution in [2.24, 2.45) is 0 Å². The number of para-hydroxylation sites is 6. The molecular weight excluding hydrogens is 1710 g/mol. The SMILES string of the molecule is CC(C)(C)c1cc2c3c(c1)N(c1c(-c4ccccc4)cccc1-c1ccccc1)c1cc4c5c(c1B3c1ccc(-n3c6ccccc6c6ccccc63)cc1N2c1c(-c2ccccc2)cccc1-c1ccccc1)Oc1cc2c3c(c1B5c1ccc(-n5c6ccccc6c6ccccc65)cc1O4)Oc1ccc(-c4cccc(-c5ccccc5)c4)cc1B3c1cc(-c3cccc(-c4ccccc4)c3)ccc1O2. The van der Waals surface area contributed by atoms with Crippen LogP contribution >= 0.6 is 0 Å². The Morgan fingerprint density at radius 2 is 0.525 bits per heavy atom. The van der Waals surface area contributed by atoms with Gasteiger partial charge in [-0.05, 0) is 189 Å². The molecule has 8 heterocycles. The highest BCUT2D eigenvalue weighted by Crippen LogP contribution is 2.57. The van der Waals surface area contributed by atoms with Gasteiger partial charge < -0.3 is 37.9 Å². The Morgan fingerprint density at radius 1 is 0.199 bits per heavy atom. The lowest BCUT2D eigenvalue weighted by Crippen LogP contribution is -2.66. The third kappa shape index (κ3) is 12.5. The Balaban J connectivity index is 0.742. The summed E-state index contributed by atoms with van der Waals surface area (Å²) in [4.78, 5) is 5.32. The van der Waals surface area contributed by atoms with Crippen molar-refractivity contribution in [3.63, 3.8) is 0 Å². The lowest BCUT2D eigenvalue weighted by Gasteiger charge is -2.48.